The van der Waals surface area contributed by atoms with Crippen LogP contribution in [0.4, 0.5) is 0 Å². The number of morpholine rings is 1. The van der Waals surface area contributed by atoms with E-state index in [2.05, 4.69) is 10.5 Å². The highest BCUT2D eigenvalue weighted by Crippen LogP contribution is 2.22. The van der Waals surface area contributed by atoms with Gasteiger partial charge in [0.25, 0.3) is 5.91 Å². The third-order valence-electron chi connectivity index (χ3n) is 4.40. The summed E-state index contributed by atoms with van der Waals surface area (Å²) in [6.07, 6.45) is 0. The van der Waals surface area contributed by atoms with Gasteiger partial charge in [-0.3, -0.25) is 4.79 Å². The van der Waals surface area contributed by atoms with E-state index in [4.69, 9.17) is 16.3 Å². The Balaban J connectivity index is 1.71. The van der Waals surface area contributed by atoms with Crippen LogP contribution in [0.15, 0.2) is 52.5 Å². The number of benzene rings is 2. The first-order chi connectivity index (χ1) is 13.8. The number of hydrogen-bond donors (Lipinski definition) is 2. The van der Waals surface area contributed by atoms with Gasteiger partial charge in [-0.15, -0.1) is 0 Å². The highest BCUT2D eigenvalue weighted by molar-refractivity contribution is 7.89. The SMILES string of the molecule is C/C(=N/NC(=O)c1ccc(S(=O)(=O)N2CCOCC2)cc1)c1cc(Cl)ccc1O. The highest BCUT2D eigenvalue weighted by Gasteiger charge is 2.26. The van der Waals surface area contributed by atoms with Gasteiger partial charge in [-0.2, -0.15) is 9.41 Å². The van der Waals surface area contributed by atoms with Gasteiger partial charge in [-0.05, 0) is 49.4 Å². The predicted molar refractivity (Wildman–Crippen MR) is 109 cm³/mol. The second kappa shape index (κ2) is 8.91. The maximum atomic E-state index is 12.6. The van der Waals surface area contributed by atoms with E-state index in [1.54, 1.807) is 13.0 Å². The number of nitrogens with one attached hydrogen (secondary N) is 1. The molecule has 1 aliphatic heterocycles. The van der Waals surface area contributed by atoms with Crippen molar-refractivity contribution in [1.29, 1.82) is 0 Å². The Labute approximate surface area is 173 Å². The lowest BCUT2D eigenvalue weighted by molar-refractivity contribution is 0.0730. The van der Waals surface area contributed by atoms with Crippen molar-refractivity contribution >= 4 is 33.2 Å². The molecule has 3 rings (SSSR count). The standard InChI is InChI=1S/C19H20ClN3O5S/c1-13(17-12-15(20)4-7-18(17)24)21-22-19(25)14-2-5-16(6-3-14)29(26,27)23-8-10-28-11-9-23/h2-7,12,24H,8-11H2,1H3,(H,22,25)/b21-13-. The van der Waals surface area contributed by atoms with Crippen molar-refractivity contribution in [3.63, 3.8) is 0 Å². The summed E-state index contributed by atoms with van der Waals surface area (Å²) in [5.41, 5.74) is 3.39. The molecule has 2 aromatic rings. The molecule has 29 heavy (non-hydrogen) atoms. The molecule has 0 bridgehead atoms. The molecule has 0 spiro atoms. The molecule has 0 radical (unpaired) electrons. The van der Waals surface area contributed by atoms with Gasteiger partial charge in [-0.1, -0.05) is 11.6 Å². The minimum atomic E-state index is -3.62. The van der Waals surface area contributed by atoms with Crippen molar-refractivity contribution < 1.29 is 23.1 Å². The van der Waals surface area contributed by atoms with Crippen molar-refractivity contribution in [3.05, 3.63) is 58.6 Å². The molecule has 0 aromatic heterocycles. The van der Waals surface area contributed by atoms with Crippen molar-refractivity contribution in [1.82, 2.24) is 9.73 Å². The Morgan fingerprint density at radius 3 is 2.48 bits per heavy atom. The van der Waals surface area contributed by atoms with Crippen molar-refractivity contribution in [2.45, 2.75) is 11.8 Å². The van der Waals surface area contributed by atoms with Crippen LogP contribution in [0.25, 0.3) is 0 Å². The minimum Gasteiger partial charge on any atom is -0.507 e. The average molecular weight is 438 g/mol. The Kier molecular flexibility index (Phi) is 6.53. The Bertz CT molecular complexity index is 1030. The number of amides is 1. The van der Waals surface area contributed by atoms with Gasteiger partial charge in [0.1, 0.15) is 5.75 Å². The quantitative estimate of drug-likeness (QED) is 0.550. The fraction of sp³-hybridized carbons (Fsp3) is 0.263. The smallest absolute Gasteiger partial charge is 0.271 e. The molecule has 1 heterocycles. The molecule has 1 saturated heterocycles. The first-order valence-corrected chi connectivity index (χ1v) is 10.6. The highest BCUT2D eigenvalue weighted by atomic mass is 35.5. The molecular formula is C19H20ClN3O5S. The number of carbonyl (C=O) groups is 1. The van der Waals surface area contributed by atoms with Crippen LogP contribution < -0.4 is 5.43 Å². The number of phenolic OH excluding ortho intramolecular Hbond substituents is 1. The van der Waals surface area contributed by atoms with Crippen molar-refractivity contribution in [3.8, 4) is 5.75 Å². The van der Waals surface area contributed by atoms with E-state index >= 15 is 0 Å². The fourth-order valence-corrected chi connectivity index (χ4v) is 4.35. The van der Waals surface area contributed by atoms with E-state index in [0.717, 1.165) is 0 Å². The number of sulfonamides is 1. The Morgan fingerprint density at radius 2 is 1.83 bits per heavy atom. The van der Waals surface area contributed by atoms with E-state index in [1.807, 2.05) is 0 Å². The number of rotatable bonds is 5. The maximum absolute atomic E-state index is 12.6. The first kappa shape index (κ1) is 21.3. The lowest BCUT2D eigenvalue weighted by Gasteiger charge is -2.26. The molecule has 0 aliphatic carbocycles. The molecule has 2 aromatic carbocycles. The van der Waals surface area contributed by atoms with E-state index in [1.165, 1.54) is 40.7 Å². The number of ether oxygens (including phenoxy) is 1. The largest absolute Gasteiger partial charge is 0.507 e. The summed E-state index contributed by atoms with van der Waals surface area (Å²) >= 11 is 5.91. The summed E-state index contributed by atoms with van der Waals surface area (Å²) in [5.74, 6) is -0.524. The van der Waals surface area contributed by atoms with E-state index in [-0.39, 0.29) is 16.2 Å². The number of nitrogens with zero attached hydrogens (tertiary/aromatic N) is 2. The minimum absolute atomic E-state index is 0.0115. The summed E-state index contributed by atoms with van der Waals surface area (Å²) in [6, 6.07) is 10.1. The number of carbonyl (C=O) groups excluding carboxylic acids is 1. The molecule has 0 unspecified atom stereocenters. The third kappa shape index (κ3) is 4.94. The molecule has 2 N–H and O–H groups in total. The molecule has 0 atom stereocenters. The second-order valence-corrected chi connectivity index (χ2v) is 8.71. The second-order valence-electron chi connectivity index (χ2n) is 6.34. The summed E-state index contributed by atoms with van der Waals surface area (Å²) in [4.78, 5) is 12.4. The lowest BCUT2D eigenvalue weighted by atomic mass is 10.1. The first-order valence-electron chi connectivity index (χ1n) is 8.80. The average Bonchev–Trinajstić information content (AvgIpc) is 2.74. The van der Waals surface area contributed by atoms with E-state index in [9.17, 15) is 18.3 Å². The summed E-state index contributed by atoms with van der Waals surface area (Å²) in [5, 5.41) is 14.3. The lowest BCUT2D eigenvalue weighted by Crippen LogP contribution is -2.40. The maximum Gasteiger partial charge on any atom is 0.271 e. The van der Waals surface area contributed by atoms with Gasteiger partial charge >= 0.3 is 0 Å². The summed E-state index contributed by atoms with van der Waals surface area (Å²) in [6.45, 7) is 2.94. The van der Waals surface area contributed by atoms with Crippen molar-refractivity contribution in [2.75, 3.05) is 26.3 Å². The zero-order chi connectivity index (χ0) is 21.0. The number of hydrogen-bond acceptors (Lipinski definition) is 6. The molecule has 0 saturated carbocycles. The predicted octanol–water partition coefficient (Wildman–Crippen LogP) is 2.22. The van der Waals surface area contributed by atoms with Crippen LogP contribution in [0.1, 0.15) is 22.8 Å². The van der Waals surface area contributed by atoms with Gasteiger partial charge in [-0.25, -0.2) is 13.8 Å². The van der Waals surface area contributed by atoms with E-state index in [0.29, 0.717) is 42.6 Å². The molecule has 8 nitrogen and oxygen atoms in total. The molecule has 154 valence electrons. The fourth-order valence-electron chi connectivity index (χ4n) is 2.77. The zero-order valence-electron chi connectivity index (χ0n) is 15.6. The van der Waals surface area contributed by atoms with Crippen LogP contribution >= 0.6 is 11.6 Å². The number of phenols is 1. The Hall–Kier alpha value is -2.46. The topological polar surface area (TPSA) is 108 Å². The molecular weight excluding hydrogens is 418 g/mol. The number of hydrazone groups is 1. The molecule has 1 amide bonds. The monoisotopic (exact) mass is 437 g/mol. The van der Waals surface area contributed by atoms with Gasteiger partial charge in [0.2, 0.25) is 10.0 Å². The van der Waals surface area contributed by atoms with Gasteiger partial charge in [0.15, 0.2) is 0 Å². The van der Waals surface area contributed by atoms with Crippen LogP contribution in [0.5, 0.6) is 5.75 Å². The Morgan fingerprint density at radius 1 is 1.17 bits per heavy atom. The van der Waals surface area contributed by atoms with Crippen molar-refractivity contribution in [2.24, 2.45) is 5.10 Å². The molecule has 1 aliphatic rings. The molecule has 10 heteroatoms. The van der Waals surface area contributed by atoms with Gasteiger partial charge in [0.05, 0.1) is 23.8 Å². The summed E-state index contributed by atoms with van der Waals surface area (Å²) < 4.78 is 31.8. The summed E-state index contributed by atoms with van der Waals surface area (Å²) in [7, 11) is -3.62. The van der Waals surface area contributed by atoms with Crippen LogP contribution in [-0.4, -0.2) is 55.8 Å². The molecule has 1 fully saturated rings. The van der Waals surface area contributed by atoms with E-state index < -0.39 is 15.9 Å². The van der Waals surface area contributed by atoms with Crippen LogP contribution in [0.3, 0.4) is 0 Å². The van der Waals surface area contributed by atoms with Gasteiger partial charge in [0, 0.05) is 29.2 Å². The zero-order valence-corrected chi connectivity index (χ0v) is 17.2. The number of aromatic hydroxyl groups is 1. The normalized spacial score (nSPS) is 15.9. The van der Waals surface area contributed by atoms with Crippen LogP contribution in [0.2, 0.25) is 5.02 Å². The third-order valence-corrected chi connectivity index (χ3v) is 6.55. The van der Waals surface area contributed by atoms with Gasteiger partial charge < -0.3 is 9.84 Å². The van der Waals surface area contributed by atoms with Crippen LogP contribution in [0, 0.1) is 0 Å². The number of halogens is 1. The van der Waals surface area contributed by atoms with Crippen LogP contribution in [-0.2, 0) is 14.8 Å².